The van der Waals surface area contributed by atoms with Gasteiger partial charge in [0, 0.05) is 18.0 Å². The number of H-pyrrole nitrogens is 1. The smallest absolute Gasteiger partial charge is 0.261 e. The molecule has 31 heavy (non-hydrogen) atoms. The molecule has 1 heterocycles. The van der Waals surface area contributed by atoms with E-state index in [-0.39, 0.29) is 17.4 Å². The molecule has 0 aliphatic heterocycles. The lowest BCUT2D eigenvalue weighted by Crippen LogP contribution is -2.30. The predicted molar refractivity (Wildman–Crippen MR) is 119 cm³/mol. The summed E-state index contributed by atoms with van der Waals surface area (Å²) in [6, 6.07) is 13.0. The van der Waals surface area contributed by atoms with Crippen molar-refractivity contribution in [1.82, 2.24) is 20.5 Å². The molecular formula is C20H23N5O4S2. The van der Waals surface area contributed by atoms with Gasteiger partial charge in [-0.15, -0.1) is 5.10 Å². The summed E-state index contributed by atoms with van der Waals surface area (Å²) < 4.78 is 33.0. The Balaban J connectivity index is 1.43. The molecule has 0 spiro atoms. The predicted octanol–water partition coefficient (Wildman–Crippen LogP) is 2.51. The van der Waals surface area contributed by atoms with Crippen LogP contribution in [0.2, 0.25) is 0 Å². The quantitative estimate of drug-likeness (QED) is 0.313. The van der Waals surface area contributed by atoms with Crippen molar-refractivity contribution in [2.45, 2.75) is 23.9 Å². The second-order valence-electron chi connectivity index (χ2n) is 6.64. The molecule has 0 aliphatic carbocycles. The highest BCUT2D eigenvalue weighted by atomic mass is 32.2. The number of aromatic amines is 1. The second-order valence-corrected chi connectivity index (χ2v) is 9.38. The molecule has 1 aromatic heterocycles. The molecule has 11 heteroatoms. The Morgan fingerprint density at radius 1 is 1.16 bits per heavy atom. The molecule has 3 aromatic rings. The summed E-state index contributed by atoms with van der Waals surface area (Å²) in [5.41, 5.74) is 1.45. The molecule has 0 unspecified atom stereocenters. The van der Waals surface area contributed by atoms with E-state index in [1.54, 1.807) is 18.2 Å². The summed E-state index contributed by atoms with van der Waals surface area (Å²) in [4.78, 5) is 16.2. The number of carbonyl (C=O) groups excluding carboxylic acids is 1. The molecule has 0 fully saturated rings. The normalized spacial score (nSPS) is 11.2. The van der Waals surface area contributed by atoms with E-state index in [1.807, 2.05) is 19.9 Å². The molecule has 0 radical (unpaired) electrons. The van der Waals surface area contributed by atoms with Gasteiger partial charge in [0.2, 0.25) is 5.16 Å². The highest BCUT2D eigenvalue weighted by Gasteiger charge is 2.14. The molecule has 0 aliphatic rings. The molecule has 0 saturated carbocycles. The van der Waals surface area contributed by atoms with Crippen LogP contribution in [0.25, 0.3) is 0 Å². The summed E-state index contributed by atoms with van der Waals surface area (Å²) in [7, 11) is -3.71. The van der Waals surface area contributed by atoms with Crippen molar-refractivity contribution < 1.29 is 17.9 Å². The zero-order valence-corrected chi connectivity index (χ0v) is 18.7. The van der Waals surface area contributed by atoms with Gasteiger partial charge in [0.15, 0.2) is 6.61 Å². The fourth-order valence-electron chi connectivity index (χ4n) is 2.56. The zero-order valence-electron chi connectivity index (χ0n) is 17.1. The third-order valence-corrected chi connectivity index (χ3v) is 6.25. The van der Waals surface area contributed by atoms with Crippen LogP contribution in [0, 0.1) is 13.8 Å². The van der Waals surface area contributed by atoms with Crippen LogP contribution in [0.5, 0.6) is 5.75 Å². The van der Waals surface area contributed by atoms with E-state index in [1.165, 1.54) is 36.0 Å². The van der Waals surface area contributed by atoms with Crippen molar-refractivity contribution in [3.63, 3.8) is 0 Å². The number of hydrogen-bond donors (Lipinski definition) is 3. The van der Waals surface area contributed by atoms with E-state index < -0.39 is 10.0 Å². The number of benzene rings is 2. The van der Waals surface area contributed by atoms with E-state index in [0.29, 0.717) is 28.9 Å². The fraction of sp³-hybridized carbons (Fsp3) is 0.250. The van der Waals surface area contributed by atoms with Gasteiger partial charge in [-0.05, 0) is 55.8 Å². The van der Waals surface area contributed by atoms with Gasteiger partial charge in [-0.25, -0.2) is 13.4 Å². The summed E-state index contributed by atoms with van der Waals surface area (Å²) in [5.74, 6) is 1.49. The average molecular weight is 462 g/mol. The summed E-state index contributed by atoms with van der Waals surface area (Å²) >= 11 is 1.43. The number of hydrogen-bond acceptors (Lipinski definition) is 7. The maximum atomic E-state index is 12.5. The lowest BCUT2D eigenvalue weighted by atomic mass is 10.2. The van der Waals surface area contributed by atoms with Crippen LogP contribution in [-0.2, 0) is 14.8 Å². The summed E-state index contributed by atoms with van der Waals surface area (Å²) in [5, 5.41) is 10.1. The molecule has 0 atom stereocenters. The number of carbonyl (C=O) groups is 1. The minimum absolute atomic E-state index is 0.102. The van der Waals surface area contributed by atoms with Crippen LogP contribution in [0.15, 0.2) is 58.6 Å². The van der Waals surface area contributed by atoms with Gasteiger partial charge in [0.05, 0.1) is 4.90 Å². The first-order chi connectivity index (χ1) is 14.8. The Kier molecular flexibility index (Phi) is 7.53. The third kappa shape index (κ3) is 7.00. The van der Waals surface area contributed by atoms with Crippen LogP contribution >= 0.6 is 11.8 Å². The largest absolute Gasteiger partial charge is 0.484 e. The maximum Gasteiger partial charge on any atom is 0.261 e. The number of anilines is 1. The first-order valence-electron chi connectivity index (χ1n) is 9.43. The monoisotopic (exact) mass is 461 g/mol. The van der Waals surface area contributed by atoms with Gasteiger partial charge >= 0.3 is 0 Å². The van der Waals surface area contributed by atoms with E-state index in [2.05, 4.69) is 25.2 Å². The number of nitrogens with zero attached hydrogens (tertiary/aromatic N) is 2. The minimum atomic E-state index is -3.71. The van der Waals surface area contributed by atoms with Crippen LogP contribution in [-0.4, -0.2) is 48.4 Å². The number of aromatic nitrogens is 3. The summed E-state index contributed by atoms with van der Waals surface area (Å²) in [6.45, 7) is 3.98. The Morgan fingerprint density at radius 3 is 2.61 bits per heavy atom. The number of thioether (sulfide) groups is 1. The van der Waals surface area contributed by atoms with Crippen molar-refractivity contribution in [1.29, 1.82) is 0 Å². The second kappa shape index (κ2) is 10.3. The molecule has 0 saturated heterocycles. The molecule has 0 bridgehead atoms. The van der Waals surface area contributed by atoms with Gasteiger partial charge in [-0.3, -0.25) is 14.6 Å². The number of aryl methyl sites for hydroxylation is 2. The molecule has 1 amide bonds. The van der Waals surface area contributed by atoms with Crippen LogP contribution in [0.3, 0.4) is 0 Å². The zero-order chi connectivity index (χ0) is 22.3. The van der Waals surface area contributed by atoms with Crippen molar-refractivity contribution in [2.75, 3.05) is 23.6 Å². The van der Waals surface area contributed by atoms with Crippen molar-refractivity contribution in [2.24, 2.45) is 0 Å². The Bertz CT molecular complexity index is 1130. The summed E-state index contributed by atoms with van der Waals surface area (Å²) in [6.07, 6.45) is 0. The lowest BCUT2D eigenvalue weighted by molar-refractivity contribution is -0.122. The van der Waals surface area contributed by atoms with Crippen LogP contribution < -0.4 is 14.8 Å². The highest BCUT2D eigenvalue weighted by molar-refractivity contribution is 7.99. The van der Waals surface area contributed by atoms with Gasteiger partial charge in [0.25, 0.3) is 15.9 Å². The minimum Gasteiger partial charge on any atom is -0.484 e. The number of amides is 1. The Hall–Kier alpha value is -3.05. The van der Waals surface area contributed by atoms with E-state index in [0.717, 1.165) is 11.4 Å². The standard InChI is InChI=1S/C20H23N5O4S2/c1-14-4-3-5-16(12-14)25-31(27,28)18-8-6-17(7-9-18)29-13-19(26)21-10-11-30-20-22-15(2)23-24-20/h3-9,12,25H,10-11,13H2,1-2H3,(H,21,26)(H,22,23,24). The molecular weight excluding hydrogens is 438 g/mol. The van der Waals surface area contributed by atoms with Crippen molar-refractivity contribution >= 4 is 33.4 Å². The van der Waals surface area contributed by atoms with Crippen molar-refractivity contribution in [3.05, 3.63) is 59.9 Å². The van der Waals surface area contributed by atoms with Crippen molar-refractivity contribution in [3.8, 4) is 5.75 Å². The molecule has 9 nitrogen and oxygen atoms in total. The average Bonchev–Trinajstić information content (AvgIpc) is 3.15. The van der Waals surface area contributed by atoms with Gasteiger partial charge in [-0.1, -0.05) is 23.9 Å². The topological polar surface area (TPSA) is 126 Å². The lowest BCUT2D eigenvalue weighted by Gasteiger charge is -2.10. The SMILES string of the molecule is Cc1cccc(NS(=O)(=O)c2ccc(OCC(=O)NCCSc3n[nH]c(C)n3)cc2)c1. The van der Waals surface area contributed by atoms with E-state index >= 15 is 0 Å². The highest BCUT2D eigenvalue weighted by Crippen LogP contribution is 2.20. The van der Waals surface area contributed by atoms with E-state index in [9.17, 15) is 13.2 Å². The van der Waals surface area contributed by atoms with E-state index in [4.69, 9.17) is 4.74 Å². The van der Waals surface area contributed by atoms with Crippen LogP contribution in [0.4, 0.5) is 5.69 Å². The molecule has 3 N–H and O–H groups in total. The van der Waals surface area contributed by atoms with Gasteiger partial charge in [-0.2, -0.15) is 0 Å². The maximum absolute atomic E-state index is 12.5. The Morgan fingerprint density at radius 2 is 1.94 bits per heavy atom. The number of rotatable bonds is 10. The van der Waals surface area contributed by atoms with Gasteiger partial charge in [0.1, 0.15) is 11.6 Å². The first-order valence-corrected chi connectivity index (χ1v) is 11.9. The Labute approximate surface area is 185 Å². The third-order valence-electron chi connectivity index (χ3n) is 4.01. The molecule has 164 valence electrons. The van der Waals surface area contributed by atoms with Gasteiger partial charge < -0.3 is 10.1 Å². The number of nitrogens with one attached hydrogen (secondary N) is 3. The molecule has 3 rings (SSSR count). The number of sulfonamides is 1. The van der Waals surface area contributed by atoms with Crippen LogP contribution in [0.1, 0.15) is 11.4 Å². The molecule has 2 aromatic carbocycles. The number of ether oxygens (including phenoxy) is 1. The fourth-order valence-corrected chi connectivity index (χ4v) is 4.30. The first kappa shape index (κ1) is 22.6.